The number of rotatable bonds is 1. The lowest BCUT2D eigenvalue weighted by atomic mass is 9.83. The van der Waals surface area contributed by atoms with E-state index in [9.17, 15) is 9.59 Å². The highest BCUT2D eigenvalue weighted by molar-refractivity contribution is 5.72. The van der Waals surface area contributed by atoms with E-state index in [0.29, 0.717) is 13.0 Å². The first kappa shape index (κ1) is 14.8. The zero-order chi connectivity index (χ0) is 14.1. The molecule has 1 heterocycles. The number of carbonyl (C=O) groups excluding carboxylic acids is 1. The summed E-state index contributed by atoms with van der Waals surface area (Å²) in [6, 6.07) is -0.0999. The second kappa shape index (κ2) is 5.16. The molecule has 1 amide bonds. The number of hydrogen-bond acceptors (Lipinski definition) is 3. The van der Waals surface area contributed by atoms with Crippen LogP contribution in [-0.4, -0.2) is 40.3 Å². The number of piperidine rings is 1. The average molecular weight is 257 g/mol. The molecule has 0 aliphatic carbocycles. The molecule has 0 bridgehead atoms. The van der Waals surface area contributed by atoms with Gasteiger partial charge in [0.25, 0.3) is 0 Å². The maximum absolute atomic E-state index is 12.0. The van der Waals surface area contributed by atoms with Crippen molar-refractivity contribution < 1.29 is 19.4 Å². The van der Waals surface area contributed by atoms with Gasteiger partial charge in [0.1, 0.15) is 5.60 Å². The SMILES string of the molecule is C[C@@H]1CN(C(=O)OC(C)(C)C)[C@H](C)C[C@@H]1C(=O)O. The first-order chi connectivity index (χ1) is 8.11. The van der Waals surface area contributed by atoms with Gasteiger partial charge in [-0.3, -0.25) is 4.79 Å². The zero-order valence-electron chi connectivity index (χ0n) is 11.8. The Morgan fingerprint density at radius 2 is 1.83 bits per heavy atom. The number of carboxylic acid groups (broad SMARTS) is 1. The van der Waals surface area contributed by atoms with E-state index in [4.69, 9.17) is 9.84 Å². The first-order valence-electron chi connectivity index (χ1n) is 6.34. The van der Waals surface area contributed by atoms with Crippen molar-refractivity contribution in [2.45, 2.75) is 52.7 Å². The van der Waals surface area contributed by atoms with Crippen LogP contribution in [-0.2, 0) is 9.53 Å². The summed E-state index contributed by atoms with van der Waals surface area (Å²) in [5, 5.41) is 9.10. The van der Waals surface area contributed by atoms with Crippen LogP contribution in [0.3, 0.4) is 0 Å². The molecular formula is C13H23NO4. The molecule has 1 fully saturated rings. The second-order valence-electron chi connectivity index (χ2n) is 6.14. The predicted octanol–water partition coefficient (Wildman–Crippen LogP) is 2.35. The van der Waals surface area contributed by atoms with Gasteiger partial charge in [0.2, 0.25) is 0 Å². The van der Waals surface area contributed by atoms with E-state index >= 15 is 0 Å². The quantitative estimate of drug-likeness (QED) is 0.783. The molecule has 1 aliphatic heterocycles. The molecule has 0 aromatic heterocycles. The van der Waals surface area contributed by atoms with Gasteiger partial charge in [-0.25, -0.2) is 4.79 Å². The molecule has 0 radical (unpaired) electrons. The largest absolute Gasteiger partial charge is 0.481 e. The van der Waals surface area contributed by atoms with Crippen LogP contribution in [0.1, 0.15) is 41.0 Å². The molecule has 18 heavy (non-hydrogen) atoms. The summed E-state index contributed by atoms with van der Waals surface area (Å²) < 4.78 is 5.33. The Bertz CT molecular complexity index is 334. The maximum Gasteiger partial charge on any atom is 0.410 e. The van der Waals surface area contributed by atoms with Crippen LogP contribution in [0.25, 0.3) is 0 Å². The van der Waals surface area contributed by atoms with Gasteiger partial charge in [-0.2, -0.15) is 0 Å². The fourth-order valence-corrected chi connectivity index (χ4v) is 2.26. The monoisotopic (exact) mass is 257 g/mol. The van der Waals surface area contributed by atoms with Crippen molar-refractivity contribution in [3.63, 3.8) is 0 Å². The van der Waals surface area contributed by atoms with Gasteiger partial charge in [-0.05, 0) is 40.0 Å². The van der Waals surface area contributed by atoms with Crippen LogP contribution >= 0.6 is 0 Å². The van der Waals surface area contributed by atoms with Crippen LogP contribution in [0, 0.1) is 11.8 Å². The topological polar surface area (TPSA) is 66.8 Å². The Balaban J connectivity index is 2.70. The Kier molecular flexibility index (Phi) is 4.24. The van der Waals surface area contributed by atoms with E-state index in [1.54, 1.807) is 4.90 Å². The van der Waals surface area contributed by atoms with Crippen LogP contribution in [0.2, 0.25) is 0 Å². The molecule has 0 spiro atoms. The summed E-state index contributed by atoms with van der Waals surface area (Å²) in [6.07, 6.45) is 0.126. The van der Waals surface area contributed by atoms with E-state index in [-0.39, 0.29) is 24.0 Å². The fourth-order valence-electron chi connectivity index (χ4n) is 2.26. The number of ether oxygens (including phenoxy) is 1. The number of carboxylic acids is 1. The highest BCUT2D eigenvalue weighted by atomic mass is 16.6. The lowest BCUT2D eigenvalue weighted by Crippen LogP contribution is -2.51. The van der Waals surface area contributed by atoms with Gasteiger partial charge < -0.3 is 14.7 Å². The van der Waals surface area contributed by atoms with Crippen molar-refractivity contribution in [2.24, 2.45) is 11.8 Å². The first-order valence-corrected chi connectivity index (χ1v) is 6.34. The number of hydrogen-bond donors (Lipinski definition) is 1. The van der Waals surface area contributed by atoms with E-state index in [1.165, 1.54) is 0 Å². The van der Waals surface area contributed by atoms with Crippen molar-refractivity contribution in [3.8, 4) is 0 Å². The summed E-state index contributed by atoms with van der Waals surface area (Å²) in [4.78, 5) is 24.7. The molecule has 0 saturated carbocycles. The minimum absolute atomic E-state index is 0.0498. The van der Waals surface area contributed by atoms with E-state index in [2.05, 4.69) is 0 Å². The molecule has 0 aromatic rings. The van der Waals surface area contributed by atoms with E-state index < -0.39 is 11.6 Å². The van der Waals surface area contributed by atoms with E-state index in [0.717, 1.165) is 0 Å². The summed E-state index contributed by atoms with van der Waals surface area (Å²) in [7, 11) is 0. The Morgan fingerprint density at radius 3 is 2.28 bits per heavy atom. The molecule has 1 saturated heterocycles. The Morgan fingerprint density at radius 1 is 1.28 bits per heavy atom. The maximum atomic E-state index is 12.0. The molecule has 1 aliphatic rings. The van der Waals surface area contributed by atoms with Crippen molar-refractivity contribution in [1.82, 2.24) is 4.90 Å². The number of carbonyl (C=O) groups is 2. The van der Waals surface area contributed by atoms with Gasteiger partial charge in [0, 0.05) is 12.6 Å². The van der Waals surface area contributed by atoms with Crippen LogP contribution < -0.4 is 0 Å². The van der Waals surface area contributed by atoms with Crippen molar-refractivity contribution >= 4 is 12.1 Å². The highest BCUT2D eigenvalue weighted by Crippen LogP contribution is 2.29. The minimum atomic E-state index is -0.779. The van der Waals surface area contributed by atoms with Gasteiger partial charge in [0.05, 0.1) is 5.92 Å². The molecule has 5 heteroatoms. The Labute approximate surface area is 108 Å². The van der Waals surface area contributed by atoms with Gasteiger partial charge >= 0.3 is 12.1 Å². The molecule has 3 atom stereocenters. The second-order valence-corrected chi connectivity index (χ2v) is 6.14. The summed E-state index contributed by atoms with van der Waals surface area (Å²) in [5.41, 5.74) is -0.524. The van der Waals surface area contributed by atoms with Gasteiger partial charge in [-0.15, -0.1) is 0 Å². The van der Waals surface area contributed by atoms with Crippen LogP contribution in [0.4, 0.5) is 4.79 Å². The molecule has 5 nitrogen and oxygen atoms in total. The molecule has 1 rings (SSSR count). The minimum Gasteiger partial charge on any atom is -0.481 e. The third-order valence-corrected chi connectivity index (χ3v) is 3.24. The van der Waals surface area contributed by atoms with Crippen molar-refractivity contribution in [3.05, 3.63) is 0 Å². The van der Waals surface area contributed by atoms with Crippen LogP contribution in [0.5, 0.6) is 0 Å². The Hall–Kier alpha value is -1.26. The highest BCUT2D eigenvalue weighted by Gasteiger charge is 2.38. The zero-order valence-corrected chi connectivity index (χ0v) is 11.8. The predicted molar refractivity (Wildman–Crippen MR) is 67.3 cm³/mol. The lowest BCUT2D eigenvalue weighted by molar-refractivity contribution is -0.146. The number of nitrogens with zero attached hydrogens (tertiary/aromatic N) is 1. The standard InChI is InChI=1S/C13H23NO4/c1-8-7-14(12(17)18-13(3,4)5)9(2)6-10(8)11(15)16/h8-10H,6-7H2,1-5H3,(H,15,16)/t8-,9-,10+/m1/s1. The summed E-state index contributed by atoms with van der Waals surface area (Å²) in [5.74, 6) is -1.21. The van der Waals surface area contributed by atoms with Gasteiger partial charge in [-0.1, -0.05) is 6.92 Å². The van der Waals surface area contributed by atoms with Gasteiger partial charge in [0.15, 0.2) is 0 Å². The summed E-state index contributed by atoms with van der Waals surface area (Å²) in [6.45, 7) is 9.63. The number of aliphatic carboxylic acids is 1. The molecule has 104 valence electrons. The van der Waals surface area contributed by atoms with E-state index in [1.807, 2.05) is 34.6 Å². The molecule has 0 aromatic carbocycles. The number of amides is 1. The smallest absolute Gasteiger partial charge is 0.410 e. The molecular weight excluding hydrogens is 234 g/mol. The van der Waals surface area contributed by atoms with Crippen molar-refractivity contribution in [1.29, 1.82) is 0 Å². The normalized spacial score (nSPS) is 28.9. The van der Waals surface area contributed by atoms with Crippen molar-refractivity contribution in [2.75, 3.05) is 6.54 Å². The fraction of sp³-hybridized carbons (Fsp3) is 0.846. The lowest BCUT2D eigenvalue weighted by Gasteiger charge is -2.40. The third kappa shape index (κ3) is 3.62. The van der Waals surface area contributed by atoms with Crippen LogP contribution in [0.15, 0.2) is 0 Å². The average Bonchev–Trinajstić information content (AvgIpc) is 2.17. The molecule has 0 unspecified atom stereocenters. The third-order valence-electron chi connectivity index (χ3n) is 3.24. The number of likely N-dealkylation sites (tertiary alicyclic amines) is 1. The summed E-state index contributed by atoms with van der Waals surface area (Å²) >= 11 is 0. The molecule has 1 N–H and O–H groups in total.